The van der Waals surface area contributed by atoms with Gasteiger partial charge in [0, 0.05) is 32.7 Å². The molecule has 0 saturated heterocycles. The second-order valence-corrected chi connectivity index (χ2v) is 9.67. The van der Waals surface area contributed by atoms with Crippen LogP contribution in [0.2, 0.25) is 0 Å². The minimum atomic E-state index is -0.233. The second-order valence-electron chi connectivity index (χ2n) is 9.67. The van der Waals surface area contributed by atoms with Gasteiger partial charge in [-0.15, -0.1) is 0 Å². The molecule has 6 aromatic rings. The zero-order valence-corrected chi connectivity index (χ0v) is 18.9. The highest BCUT2D eigenvalue weighted by Crippen LogP contribution is 2.51. The normalized spacial score (nSPS) is 14.2. The SMILES string of the molecule is Cc1ccc2c3c1oc1c(-c4ccccc4)ccc(c13)C(C)(C)c1cc3ccccc3nc1-2. The van der Waals surface area contributed by atoms with Crippen LogP contribution < -0.4 is 0 Å². The molecule has 0 aliphatic heterocycles. The van der Waals surface area contributed by atoms with Crippen molar-refractivity contribution in [2.24, 2.45) is 0 Å². The Morgan fingerprint density at radius 2 is 1.45 bits per heavy atom. The lowest BCUT2D eigenvalue weighted by Crippen LogP contribution is -2.20. The Labute approximate surface area is 192 Å². The highest BCUT2D eigenvalue weighted by atomic mass is 16.3. The molecule has 158 valence electrons. The molecule has 1 aliphatic rings. The number of benzene rings is 4. The van der Waals surface area contributed by atoms with E-state index in [2.05, 4.69) is 106 Å². The van der Waals surface area contributed by atoms with Gasteiger partial charge in [0.25, 0.3) is 0 Å². The molecule has 1 aliphatic carbocycles. The zero-order valence-electron chi connectivity index (χ0n) is 18.9. The maximum Gasteiger partial charge on any atom is 0.143 e. The summed E-state index contributed by atoms with van der Waals surface area (Å²) in [6.45, 7) is 6.77. The van der Waals surface area contributed by atoms with Crippen molar-refractivity contribution >= 4 is 32.8 Å². The molecule has 2 heteroatoms. The van der Waals surface area contributed by atoms with E-state index in [9.17, 15) is 0 Å². The van der Waals surface area contributed by atoms with Crippen LogP contribution in [0.1, 0.15) is 30.5 Å². The first kappa shape index (κ1) is 18.6. The number of hydrogen-bond donors (Lipinski definition) is 0. The van der Waals surface area contributed by atoms with Gasteiger partial charge < -0.3 is 4.42 Å². The van der Waals surface area contributed by atoms with Gasteiger partial charge in [-0.1, -0.05) is 86.6 Å². The Hall–Kier alpha value is -3.91. The largest absolute Gasteiger partial charge is 0.455 e. The van der Waals surface area contributed by atoms with Crippen molar-refractivity contribution in [2.45, 2.75) is 26.2 Å². The topological polar surface area (TPSA) is 26.0 Å². The quantitative estimate of drug-likeness (QED) is 0.264. The summed E-state index contributed by atoms with van der Waals surface area (Å²) in [5, 5.41) is 3.58. The molecule has 2 nitrogen and oxygen atoms in total. The number of aryl methyl sites for hydroxylation is 1. The van der Waals surface area contributed by atoms with Crippen molar-refractivity contribution in [1.82, 2.24) is 4.98 Å². The second kappa shape index (κ2) is 6.32. The summed E-state index contributed by atoms with van der Waals surface area (Å²) in [5.74, 6) is 0. The van der Waals surface area contributed by atoms with E-state index in [0.29, 0.717) is 0 Å². The number of pyridine rings is 1. The monoisotopic (exact) mass is 425 g/mol. The first-order valence-corrected chi connectivity index (χ1v) is 11.5. The Morgan fingerprint density at radius 1 is 0.697 bits per heavy atom. The third-order valence-electron chi connectivity index (χ3n) is 7.38. The van der Waals surface area contributed by atoms with Gasteiger partial charge in [-0.25, -0.2) is 4.98 Å². The van der Waals surface area contributed by atoms with Gasteiger partial charge in [0.2, 0.25) is 0 Å². The number of nitrogens with zero attached hydrogens (tertiary/aromatic N) is 1. The van der Waals surface area contributed by atoms with Crippen LogP contribution in [0, 0.1) is 6.92 Å². The lowest BCUT2D eigenvalue weighted by molar-refractivity contribution is 0.642. The van der Waals surface area contributed by atoms with Crippen LogP contribution in [0.25, 0.3) is 55.2 Å². The van der Waals surface area contributed by atoms with Crippen molar-refractivity contribution in [2.75, 3.05) is 0 Å². The van der Waals surface area contributed by atoms with Crippen LogP contribution in [0.3, 0.4) is 0 Å². The van der Waals surface area contributed by atoms with Crippen LogP contribution in [0.5, 0.6) is 0 Å². The molecule has 33 heavy (non-hydrogen) atoms. The molecule has 4 aromatic carbocycles. The Morgan fingerprint density at radius 3 is 2.30 bits per heavy atom. The Balaban J connectivity index is 1.71. The van der Waals surface area contributed by atoms with Crippen LogP contribution in [0.15, 0.2) is 89.3 Å². The van der Waals surface area contributed by atoms with Gasteiger partial charge in [-0.05, 0) is 41.3 Å². The molecule has 0 unspecified atom stereocenters. The molecule has 0 spiro atoms. The van der Waals surface area contributed by atoms with E-state index in [1.54, 1.807) is 0 Å². The zero-order chi connectivity index (χ0) is 22.3. The lowest BCUT2D eigenvalue weighted by Gasteiger charge is -2.28. The number of fused-ring (bicyclic) bond motifs is 3. The van der Waals surface area contributed by atoms with Gasteiger partial charge in [0.1, 0.15) is 11.2 Å². The molecule has 2 aromatic heterocycles. The maximum absolute atomic E-state index is 6.69. The molecule has 0 saturated carbocycles. The molecule has 7 rings (SSSR count). The van der Waals surface area contributed by atoms with Gasteiger partial charge in [0.15, 0.2) is 0 Å². The minimum absolute atomic E-state index is 0.233. The fourth-order valence-corrected chi connectivity index (χ4v) is 5.61. The summed E-state index contributed by atoms with van der Waals surface area (Å²) in [6.07, 6.45) is 0. The van der Waals surface area contributed by atoms with E-state index in [0.717, 1.165) is 39.1 Å². The van der Waals surface area contributed by atoms with E-state index in [1.165, 1.54) is 32.8 Å². The summed E-state index contributed by atoms with van der Waals surface area (Å²) in [4.78, 5) is 5.21. The van der Waals surface area contributed by atoms with Crippen molar-refractivity contribution in [3.63, 3.8) is 0 Å². The fraction of sp³-hybridized carbons (Fsp3) is 0.129. The maximum atomic E-state index is 6.69. The number of aromatic nitrogens is 1. The number of rotatable bonds is 1. The van der Waals surface area contributed by atoms with E-state index >= 15 is 0 Å². The van der Waals surface area contributed by atoms with Crippen LogP contribution in [-0.2, 0) is 5.41 Å². The highest BCUT2D eigenvalue weighted by molar-refractivity contribution is 6.19. The minimum Gasteiger partial charge on any atom is -0.455 e. The summed E-state index contributed by atoms with van der Waals surface area (Å²) in [7, 11) is 0. The van der Waals surface area contributed by atoms with Gasteiger partial charge in [-0.2, -0.15) is 0 Å². The molecule has 2 heterocycles. The van der Waals surface area contributed by atoms with Crippen molar-refractivity contribution < 1.29 is 4.42 Å². The average molecular weight is 426 g/mol. The van der Waals surface area contributed by atoms with Gasteiger partial charge >= 0.3 is 0 Å². The molecular formula is C31H23NO. The first-order chi connectivity index (χ1) is 16.0. The van der Waals surface area contributed by atoms with Crippen molar-refractivity contribution in [1.29, 1.82) is 0 Å². The number of furan rings is 1. The number of para-hydroxylation sites is 1. The van der Waals surface area contributed by atoms with E-state index in [4.69, 9.17) is 9.40 Å². The van der Waals surface area contributed by atoms with Crippen molar-refractivity contribution in [3.05, 3.63) is 102 Å². The Kier molecular flexibility index (Phi) is 3.57. The van der Waals surface area contributed by atoms with E-state index in [-0.39, 0.29) is 5.41 Å². The fourth-order valence-electron chi connectivity index (χ4n) is 5.61. The predicted molar refractivity (Wildman–Crippen MR) is 137 cm³/mol. The van der Waals surface area contributed by atoms with Gasteiger partial charge in [-0.3, -0.25) is 0 Å². The highest BCUT2D eigenvalue weighted by Gasteiger charge is 2.35. The molecule has 0 amide bonds. The Bertz CT molecular complexity index is 1740. The standard InChI is InChI=1S/C31H23NO/c1-18-13-14-22-26-27-23(16-15-21(30(27)33-29(18)26)19-9-5-4-6-10-19)31(2,3)24-17-20-11-7-8-12-25(20)32-28(22)24/h4-17H,1-3H3. The van der Waals surface area contributed by atoms with E-state index < -0.39 is 0 Å². The first-order valence-electron chi connectivity index (χ1n) is 11.5. The molecular weight excluding hydrogens is 402 g/mol. The van der Waals surface area contributed by atoms with Crippen LogP contribution >= 0.6 is 0 Å². The van der Waals surface area contributed by atoms with Crippen LogP contribution in [0.4, 0.5) is 0 Å². The van der Waals surface area contributed by atoms with Gasteiger partial charge in [0.05, 0.1) is 11.2 Å². The lowest BCUT2D eigenvalue weighted by atomic mass is 9.76. The van der Waals surface area contributed by atoms with Crippen LogP contribution in [-0.4, -0.2) is 4.98 Å². The third-order valence-corrected chi connectivity index (χ3v) is 7.38. The molecule has 0 bridgehead atoms. The summed E-state index contributed by atoms with van der Waals surface area (Å²) in [5.41, 5.74) is 10.9. The predicted octanol–water partition coefficient (Wildman–Crippen LogP) is 8.42. The van der Waals surface area contributed by atoms with Crippen molar-refractivity contribution in [3.8, 4) is 22.4 Å². The van der Waals surface area contributed by atoms with E-state index in [1.807, 2.05) is 0 Å². The summed E-state index contributed by atoms with van der Waals surface area (Å²) >= 11 is 0. The number of hydrogen-bond acceptors (Lipinski definition) is 2. The molecule has 0 fully saturated rings. The molecule has 0 atom stereocenters. The molecule has 0 N–H and O–H groups in total. The summed E-state index contributed by atoms with van der Waals surface area (Å²) in [6, 6.07) is 30.2. The third kappa shape index (κ3) is 2.41. The molecule has 0 radical (unpaired) electrons. The summed E-state index contributed by atoms with van der Waals surface area (Å²) < 4.78 is 6.69. The average Bonchev–Trinajstić information content (AvgIpc) is 3.22. The smallest absolute Gasteiger partial charge is 0.143 e.